The van der Waals surface area contributed by atoms with Gasteiger partial charge in [0, 0.05) is 5.75 Å². The van der Waals surface area contributed by atoms with Crippen molar-refractivity contribution in [1.29, 1.82) is 0 Å². The van der Waals surface area contributed by atoms with Crippen LogP contribution >= 0.6 is 27.7 Å². The number of carbonyl (C=O) groups excluding carboxylic acids is 1. The van der Waals surface area contributed by atoms with Crippen molar-refractivity contribution in [2.24, 2.45) is 0 Å². The molecule has 0 aliphatic heterocycles. The molecule has 0 amide bonds. The van der Waals surface area contributed by atoms with Crippen LogP contribution in [0.3, 0.4) is 0 Å². The minimum absolute atomic E-state index is 0.0737. The third kappa shape index (κ3) is 6.97. The average Bonchev–Trinajstić information content (AvgIpc) is 2.12. The van der Waals surface area contributed by atoms with Gasteiger partial charge in [-0.15, -0.1) is 11.8 Å². The molecule has 0 atom stereocenters. The first kappa shape index (κ1) is 13.5. The fourth-order valence-electron chi connectivity index (χ4n) is 0.526. The monoisotopic (exact) mass is 282 g/mol. The van der Waals surface area contributed by atoms with Gasteiger partial charge in [-0.05, 0) is 28.3 Å². The highest BCUT2D eigenvalue weighted by molar-refractivity contribution is 9.12. The molecule has 0 aromatic carbocycles. The topological polar surface area (TPSA) is 63.6 Å². The molecule has 0 fully saturated rings. The van der Waals surface area contributed by atoms with Gasteiger partial charge in [-0.1, -0.05) is 0 Å². The minimum Gasteiger partial charge on any atom is -0.481 e. The Morgan fingerprint density at radius 2 is 2.21 bits per heavy atom. The second kappa shape index (κ2) is 7.87. The summed E-state index contributed by atoms with van der Waals surface area (Å²) in [4.78, 5) is 21.1. The highest BCUT2D eigenvalue weighted by Crippen LogP contribution is 2.15. The van der Waals surface area contributed by atoms with Gasteiger partial charge >= 0.3 is 11.9 Å². The first-order chi connectivity index (χ1) is 6.57. The van der Waals surface area contributed by atoms with Gasteiger partial charge in [-0.2, -0.15) is 0 Å². The number of carboxylic acid groups (broad SMARTS) is 1. The molecule has 0 unspecified atom stereocenters. The van der Waals surface area contributed by atoms with Crippen LogP contribution in [0.2, 0.25) is 0 Å². The van der Waals surface area contributed by atoms with Crippen molar-refractivity contribution in [2.45, 2.75) is 13.3 Å². The molecule has 6 heteroatoms. The van der Waals surface area contributed by atoms with E-state index in [-0.39, 0.29) is 6.42 Å². The van der Waals surface area contributed by atoms with E-state index in [9.17, 15) is 9.59 Å². The Bertz CT molecular complexity index is 239. The molecule has 0 spiro atoms. The Labute approximate surface area is 94.8 Å². The zero-order valence-electron chi connectivity index (χ0n) is 7.66. The number of aliphatic carboxylic acids is 1. The lowest BCUT2D eigenvalue weighted by atomic mass is 10.5. The molecule has 0 saturated heterocycles. The highest BCUT2D eigenvalue weighted by Gasteiger charge is 2.05. The summed E-state index contributed by atoms with van der Waals surface area (Å²) in [6, 6.07) is 0. The summed E-state index contributed by atoms with van der Waals surface area (Å²) >= 11 is 4.28. The van der Waals surface area contributed by atoms with Crippen molar-refractivity contribution in [3.8, 4) is 0 Å². The Morgan fingerprint density at radius 3 is 2.71 bits per heavy atom. The summed E-state index contributed by atoms with van der Waals surface area (Å²) < 4.78 is 5.01. The number of carbonyl (C=O) groups is 2. The van der Waals surface area contributed by atoms with Crippen molar-refractivity contribution < 1.29 is 19.4 Å². The summed E-state index contributed by atoms with van der Waals surface area (Å²) in [5.41, 5.74) is 0. The number of ether oxygens (including phenoxy) is 1. The molecule has 14 heavy (non-hydrogen) atoms. The van der Waals surface area contributed by atoms with Gasteiger partial charge in [-0.3, -0.25) is 4.79 Å². The SMILES string of the molecule is CCOC(=O)/C(Br)=C\SCCC(=O)O. The fourth-order valence-corrected chi connectivity index (χ4v) is 1.69. The molecular formula is C8H11BrO4S. The van der Waals surface area contributed by atoms with Crippen molar-refractivity contribution >= 4 is 39.6 Å². The fraction of sp³-hybridized carbons (Fsp3) is 0.500. The van der Waals surface area contributed by atoms with E-state index >= 15 is 0 Å². The lowest BCUT2D eigenvalue weighted by Gasteiger charge is -1.99. The Balaban J connectivity index is 3.76. The molecule has 80 valence electrons. The molecule has 0 rings (SSSR count). The number of esters is 1. The molecule has 0 saturated carbocycles. The van der Waals surface area contributed by atoms with E-state index in [2.05, 4.69) is 15.9 Å². The maximum Gasteiger partial charge on any atom is 0.345 e. The van der Waals surface area contributed by atoms with Gasteiger partial charge in [0.15, 0.2) is 0 Å². The number of hydrogen-bond donors (Lipinski definition) is 1. The van der Waals surface area contributed by atoms with E-state index < -0.39 is 11.9 Å². The lowest BCUT2D eigenvalue weighted by molar-refractivity contribution is -0.138. The van der Waals surface area contributed by atoms with Crippen LogP contribution in [0.4, 0.5) is 0 Å². The smallest absolute Gasteiger partial charge is 0.345 e. The van der Waals surface area contributed by atoms with Crippen LogP contribution in [0.25, 0.3) is 0 Å². The van der Waals surface area contributed by atoms with E-state index in [1.165, 1.54) is 11.8 Å². The van der Waals surface area contributed by atoms with Crippen molar-refractivity contribution in [2.75, 3.05) is 12.4 Å². The van der Waals surface area contributed by atoms with Gasteiger partial charge in [0.1, 0.15) is 4.48 Å². The van der Waals surface area contributed by atoms with E-state index in [0.717, 1.165) is 0 Å². The van der Waals surface area contributed by atoms with Gasteiger partial charge in [0.25, 0.3) is 0 Å². The van der Waals surface area contributed by atoms with Gasteiger partial charge < -0.3 is 9.84 Å². The molecule has 0 bridgehead atoms. The maximum atomic E-state index is 11.0. The summed E-state index contributed by atoms with van der Waals surface area (Å²) in [5.74, 6) is -0.849. The van der Waals surface area contributed by atoms with E-state index in [4.69, 9.17) is 9.84 Å². The Hall–Kier alpha value is -0.490. The van der Waals surface area contributed by atoms with Crippen LogP contribution in [-0.4, -0.2) is 29.4 Å². The number of halogens is 1. The van der Waals surface area contributed by atoms with Crippen LogP contribution in [0.5, 0.6) is 0 Å². The average molecular weight is 283 g/mol. The molecule has 0 aromatic heterocycles. The lowest BCUT2D eigenvalue weighted by Crippen LogP contribution is -2.03. The van der Waals surface area contributed by atoms with Gasteiger partial charge in [-0.25, -0.2) is 4.79 Å². The van der Waals surface area contributed by atoms with Gasteiger partial charge in [0.05, 0.1) is 13.0 Å². The third-order valence-electron chi connectivity index (χ3n) is 1.09. The normalized spacial score (nSPS) is 11.1. The second-order valence-electron chi connectivity index (χ2n) is 2.20. The zero-order chi connectivity index (χ0) is 11.0. The molecular weight excluding hydrogens is 272 g/mol. The van der Waals surface area contributed by atoms with Gasteiger partial charge in [0.2, 0.25) is 0 Å². The molecule has 0 aliphatic rings. The Morgan fingerprint density at radius 1 is 1.57 bits per heavy atom. The van der Waals surface area contributed by atoms with Crippen LogP contribution in [-0.2, 0) is 14.3 Å². The Kier molecular flexibility index (Phi) is 7.60. The van der Waals surface area contributed by atoms with E-state index in [1.807, 2.05) is 0 Å². The summed E-state index contributed by atoms with van der Waals surface area (Å²) in [5, 5.41) is 9.88. The molecule has 4 nitrogen and oxygen atoms in total. The van der Waals surface area contributed by atoms with Crippen molar-refractivity contribution in [1.82, 2.24) is 0 Å². The molecule has 0 aliphatic carbocycles. The number of hydrogen-bond acceptors (Lipinski definition) is 4. The summed E-state index contributed by atoms with van der Waals surface area (Å²) in [6.45, 7) is 2.04. The summed E-state index contributed by atoms with van der Waals surface area (Å²) in [6.07, 6.45) is 0.0737. The molecule has 1 N–H and O–H groups in total. The van der Waals surface area contributed by atoms with Crippen molar-refractivity contribution in [3.05, 3.63) is 9.89 Å². The second-order valence-corrected chi connectivity index (χ2v) is 4.03. The molecule has 0 heterocycles. The standard InChI is InChI=1S/C8H11BrO4S/c1-2-13-8(12)6(9)5-14-4-3-7(10)11/h5H,2-4H2,1H3,(H,10,11)/b6-5+. The van der Waals surface area contributed by atoms with Crippen LogP contribution in [0, 0.1) is 0 Å². The maximum absolute atomic E-state index is 11.0. The third-order valence-corrected chi connectivity index (χ3v) is 2.79. The highest BCUT2D eigenvalue weighted by atomic mass is 79.9. The van der Waals surface area contributed by atoms with E-state index in [1.54, 1.807) is 12.3 Å². The quantitative estimate of drug-likeness (QED) is 0.459. The predicted octanol–water partition coefficient (Wildman–Crippen LogP) is 1.99. The first-order valence-electron chi connectivity index (χ1n) is 3.94. The first-order valence-corrected chi connectivity index (χ1v) is 5.78. The van der Waals surface area contributed by atoms with E-state index in [0.29, 0.717) is 16.8 Å². The van der Waals surface area contributed by atoms with Crippen LogP contribution in [0.1, 0.15) is 13.3 Å². The summed E-state index contributed by atoms with van der Waals surface area (Å²) in [7, 11) is 0. The van der Waals surface area contributed by atoms with Crippen LogP contribution in [0.15, 0.2) is 9.89 Å². The zero-order valence-corrected chi connectivity index (χ0v) is 10.1. The molecule has 0 radical (unpaired) electrons. The largest absolute Gasteiger partial charge is 0.481 e. The molecule has 0 aromatic rings. The minimum atomic E-state index is -0.849. The van der Waals surface area contributed by atoms with Crippen molar-refractivity contribution in [3.63, 3.8) is 0 Å². The predicted molar refractivity (Wildman–Crippen MR) is 58.4 cm³/mol. The number of carboxylic acids is 1. The van der Waals surface area contributed by atoms with Crippen LogP contribution < -0.4 is 0 Å². The number of thioether (sulfide) groups is 1. The number of rotatable bonds is 6.